The smallest absolute Gasteiger partial charge is 0.316 e. The third kappa shape index (κ3) is 4.25. The van der Waals surface area contributed by atoms with Crippen molar-refractivity contribution in [2.45, 2.75) is 19.1 Å². The van der Waals surface area contributed by atoms with E-state index in [0.717, 1.165) is 0 Å². The quantitative estimate of drug-likeness (QED) is 0.752. The molecule has 0 aliphatic carbocycles. The van der Waals surface area contributed by atoms with Crippen LogP contribution in [0.1, 0.15) is 24.2 Å². The summed E-state index contributed by atoms with van der Waals surface area (Å²) in [5.41, 5.74) is 5.36. The molecule has 1 aromatic carbocycles. The summed E-state index contributed by atoms with van der Waals surface area (Å²) in [4.78, 5) is 22.5. The first-order valence-corrected chi connectivity index (χ1v) is 6.99. The highest BCUT2D eigenvalue weighted by Crippen LogP contribution is 2.11. The van der Waals surface area contributed by atoms with E-state index in [2.05, 4.69) is 5.32 Å². The Morgan fingerprint density at radius 1 is 1.26 bits per heavy atom. The third-order valence-corrected chi connectivity index (χ3v) is 3.96. The molecule has 0 radical (unpaired) electrons. The molecule has 3 amide bonds. The first-order chi connectivity index (χ1) is 8.72. The molecule has 7 nitrogen and oxygen atoms in total. The van der Waals surface area contributed by atoms with Gasteiger partial charge in [-0.25, -0.2) is 17.9 Å². The summed E-state index contributed by atoms with van der Waals surface area (Å²) in [7, 11) is -3.69. The minimum atomic E-state index is -3.69. The van der Waals surface area contributed by atoms with Crippen molar-refractivity contribution in [3.05, 3.63) is 29.8 Å². The minimum absolute atomic E-state index is 0.107. The van der Waals surface area contributed by atoms with Gasteiger partial charge in [-0.2, -0.15) is 0 Å². The number of amides is 3. The summed E-state index contributed by atoms with van der Waals surface area (Å²) in [6.07, 6.45) is 0. The molecule has 0 aliphatic heterocycles. The van der Waals surface area contributed by atoms with Gasteiger partial charge in [0.15, 0.2) is 0 Å². The van der Waals surface area contributed by atoms with E-state index in [-0.39, 0.29) is 5.56 Å². The lowest BCUT2D eigenvalue weighted by atomic mass is 10.2. The molecule has 0 aromatic heterocycles. The normalized spacial score (nSPS) is 11.1. The molecular weight excluding hydrogens is 270 g/mol. The molecule has 0 bridgehead atoms. The largest absolute Gasteiger partial charge is 0.351 e. The number of sulfonamides is 1. The Labute approximate surface area is 111 Å². The third-order valence-electron chi connectivity index (χ3n) is 2.25. The molecule has 0 spiro atoms. The van der Waals surface area contributed by atoms with E-state index >= 15 is 0 Å². The lowest BCUT2D eigenvalue weighted by Gasteiger charge is -2.10. The van der Waals surface area contributed by atoms with Gasteiger partial charge in [0, 0.05) is 11.3 Å². The van der Waals surface area contributed by atoms with Gasteiger partial charge in [-0.15, -0.1) is 0 Å². The Morgan fingerprint density at radius 3 is 2.42 bits per heavy atom. The average molecular weight is 285 g/mol. The van der Waals surface area contributed by atoms with Crippen LogP contribution in [-0.4, -0.2) is 25.6 Å². The number of carbonyl (C=O) groups is 2. The number of carbonyl (C=O) groups excluding carboxylic acids is 2. The fourth-order valence-electron chi connectivity index (χ4n) is 1.19. The van der Waals surface area contributed by atoms with Crippen LogP contribution < -0.4 is 15.8 Å². The Bertz CT molecular complexity index is 596. The van der Waals surface area contributed by atoms with Gasteiger partial charge in [-0.05, 0) is 32.0 Å². The molecule has 0 aliphatic rings. The topological polar surface area (TPSA) is 118 Å². The number of hydrogen-bond acceptors (Lipinski definition) is 4. The van der Waals surface area contributed by atoms with Gasteiger partial charge in [-0.3, -0.25) is 4.79 Å². The number of nitrogens with two attached hydrogens (primary N) is 1. The molecule has 0 atom stereocenters. The lowest BCUT2D eigenvalue weighted by Crippen LogP contribution is -2.35. The number of benzene rings is 1. The van der Waals surface area contributed by atoms with Gasteiger partial charge in [0.05, 0.1) is 5.25 Å². The van der Waals surface area contributed by atoms with E-state index < -0.39 is 27.2 Å². The van der Waals surface area contributed by atoms with E-state index in [0.29, 0.717) is 5.69 Å². The predicted molar refractivity (Wildman–Crippen MR) is 71.2 cm³/mol. The molecule has 4 N–H and O–H groups in total. The van der Waals surface area contributed by atoms with E-state index in [1.807, 2.05) is 4.72 Å². The first kappa shape index (κ1) is 15.0. The van der Waals surface area contributed by atoms with Crippen molar-refractivity contribution in [2.24, 2.45) is 5.73 Å². The number of rotatable bonds is 4. The van der Waals surface area contributed by atoms with Crippen LogP contribution in [0.5, 0.6) is 0 Å². The van der Waals surface area contributed by atoms with Crippen LogP contribution in [0.2, 0.25) is 0 Å². The van der Waals surface area contributed by atoms with Crippen LogP contribution in [0.25, 0.3) is 0 Å². The summed E-state index contributed by atoms with van der Waals surface area (Å²) in [6, 6.07) is 5.01. The summed E-state index contributed by atoms with van der Waals surface area (Å²) >= 11 is 0. The molecule has 0 saturated carbocycles. The van der Waals surface area contributed by atoms with Crippen LogP contribution in [0, 0.1) is 0 Å². The van der Waals surface area contributed by atoms with Crippen LogP contribution >= 0.6 is 0 Å². The maximum absolute atomic E-state index is 11.8. The SMILES string of the molecule is CC(C)S(=O)(=O)NC(=O)c1cccc(NC(N)=O)c1. The molecule has 8 heteroatoms. The number of hydrogen-bond donors (Lipinski definition) is 3. The maximum atomic E-state index is 11.8. The Kier molecular flexibility index (Phi) is 4.49. The minimum Gasteiger partial charge on any atom is -0.351 e. The fraction of sp³-hybridized carbons (Fsp3) is 0.273. The molecule has 1 rings (SSSR count). The van der Waals surface area contributed by atoms with E-state index in [4.69, 9.17) is 5.73 Å². The predicted octanol–water partition coefficient (Wildman–Crippen LogP) is 0.645. The van der Waals surface area contributed by atoms with Crippen molar-refractivity contribution in [1.82, 2.24) is 4.72 Å². The average Bonchev–Trinajstić information content (AvgIpc) is 2.27. The molecule has 19 heavy (non-hydrogen) atoms. The molecule has 0 fully saturated rings. The number of nitrogens with one attached hydrogen (secondary N) is 2. The van der Waals surface area contributed by atoms with Crippen LogP contribution in [-0.2, 0) is 10.0 Å². The van der Waals surface area contributed by atoms with Crippen molar-refractivity contribution >= 4 is 27.6 Å². The van der Waals surface area contributed by atoms with Gasteiger partial charge >= 0.3 is 6.03 Å². The van der Waals surface area contributed by atoms with Crippen molar-refractivity contribution in [1.29, 1.82) is 0 Å². The van der Waals surface area contributed by atoms with Gasteiger partial charge < -0.3 is 11.1 Å². The summed E-state index contributed by atoms with van der Waals surface area (Å²) in [6.45, 7) is 2.92. The Balaban J connectivity index is 2.92. The monoisotopic (exact) mass is 285 g/mol. The lowest BCUT2D eigenvalue weighted by molar-refractivity contribution is 0.0981. The van der Waals surface area contributed by atoms with Gasteiger partial charge in [-0.1, -0.05) is 6.07 Å². The highest BCUT2D eigenvalue weighted by Gasteiger charge is 2.19. The number of primary amides is 1. The molecular formula is C11H15N3O4S. The van der Waals surface area contributed by atoms with Gasteiger partial charge in [0.1, 0.15) is 0 Å². The van der Waals surface area contributed by atoms with Gasteiger partial charge in [0.2, 0.25) is 10.0 Å². The molecule has 104 valence electrons. The highest BCUT2D eigenvalue weighted by atomic mass is 32.2. The van der Waals surface area contributed by atoms with Crippen molar-refractivity contribution in [3.8, 4) is 0 Å². The Hall–Kier alpha value is -2.09. The van der Waals surface area contributed by atoms with Crippen molar-refractivity contribution in [3.63, 3.8) is 0 Å². The highest BCUT2D eigenvalue weighted by molar-refractivity contribution is 7.90. The zero-order chi connectivity index (χ0) is 14.6. The molecule has 1 aromatic rings. The number of anilines is 1. The van der Waals surface area contributed by atoms with E-state index in [9.17, 15) is 18.0 Å². The van der Waals surface area contributed by atoms with Crippen molar-refractivity contribution in [2.75, 3.05) is 5.32 Å². The zero-order valence-corrected chi connectivity index (χ0v) is 11.3. The van der Waals surface area contributed by atoms with E-state index in [1.54, 1.807) is 0 Å². The summed E-state index contributed by atoms with van der Waals surface area (Å²) < 4.78 is 25.1. The summed E-state index contributed by atoms with van der Waals surface area (Å²) in [5.74, 6) is -0.762. The molecule has 0 unspecified atom stereocenters. The van der Waals surface area contributed by atoms with E-state index in [1.165, 1.54) is 38.1 Å². The fourth-order valence-corrected chi connectivity index (χ4v) is 1.80. The van der Waals surface area contributed by atoms with Crippen molar-refractivity contribution < 1.29 is 18.0 Å². The second kappa shape index (κ2) is 5.70. The number of urea groups is 1. The van der Waals surface area contributed by atoms with Crippen LogP contribution in [0.15, 0.2) is 24.3 Å². The molecule has 0 heterocycles. The molecule has 0 saturated heterocycles. The van der Waals surface area contributed by atoms with Crippen LogP contribution in [0.4, 0.5) is 10.5 Å². The second-order valence-corrected chi connectivity index (χ2v) is 6.33. The standard InChI is InChI=1S/C11H15N3O4S/c1-7(2)19(17,18)14-10(15)8-4-3-5-9(6-8)13-11(12)16/h3-7H,1-2H3,(H,14,15)(H3,12,13,16). The second-order valence-electron chi connectivity index (χ2n) is 4.10. The Morgan fingerprint density at radius 2 is 1.89 bits per heavy atom. The van der Waals surface area contributed by atoms with Crippen LogP contribution in [0.3, 0.4) is 0 Å². The first-order valence-electron chi connectivity index (χ1n) is 5.45. The maximum Gasteiger partial charge on any atom is 0.316 e. The van der Waals surface area contributed by atoms with Gasteiger partial charge in [0.25, 0.3) is 5.91 Å². The zero-order valence-electron chi connectivity index (χ0n) is 10.5. The summed E-state index contributed by atoms with van der Waals surface area (Å²) in [5, 5.41) is 1.58.